The third-order valence-corrected chi connectivity index (χ3v) is 7.52. The summed E-state index contributed by atoms with van der Waals surface area (Å²) in [6, 6.07) is 5.61. The number of aryl methyl sites for hydroxylation is 1. The molecule has 1 fully saturated rings. The molecule has 7 nitrogen and oxygen atoms in total. The maximum atomic E-state index is 13.7. The molecule has 41 heavy (non-hydrogen) atoms. The Morgan fingerprint density at radius 3 is 2.76 bits per heavy atom. The summed E-state index contributed by atoms with van der Waals surface area (Å²) in [6.07, 6.45) is 20.3. The van der Waals surface area contributed by atoms with Crippen LogP contribution in [0.15, 0.2) is 72.5 Å². The van der Waals surface area contributed by atoms with E-state index in [2.05, 4.69) is 49.1 Å². The van der Waals surface area contributed by atoms with Crippen LogP contribution in [0, 0.1) is 0 Å². The summed E-state index contributed by atoms with van der Waals surface area (Å²) < 4.78 is 0. The Balaban J connectivity index is 1.58. The van der Waals surface area contributed by atoms with E-state index in [1.54, 1.807) is 0 Å². The van der Waals surface area contributed by atoms with Gasteiger partial charge in [0, 0.05) is 54.8 Å². The first-order chi connectivity index (χ1) is 19.9. The number of aromatic nitrogens is 2. The van der Waals surface area contributed by atoms with Gasteiger partial charge in [-0.15, -0.1) is 11.6 Å². The quantitative estimate of drug-likeness (QED) is 0.186. The van der Waals surface area contributed by atoms with Crippen LogP contribution in [0.5, 0.6) is 0 Å². The number of hydrogen-bond donors (Lipinski definition) is 1. The summed E-state index contributed by atoms with van der Waals surface area (Å²) in [5, 5.41) is 9.05. The molecule has 1 aliphatic heterocycles. The molecule has 2 aliphatic rings. The molecule has 1 aromatic heterocycles. The van der Waals surface area contributed by atoms with Crippen LogP contribution in [0.2, 0.25) is 0 Å². The summed E-state index contributed by atoms with van der Waals surface area (Å²) in [4.78, 5) is 38.9. The minimum Gasteiger partial charge on any atom is -0.481 e. The van der Waals surface area contributed by atoms with Crippen molar-refractivity contribution in [1.29, 1.82) is 0 Å². The number of amides is 1. The van der Waals surface area contributed by atoms with Gasteiger partial charge in [-0.2, -0.15) is 0 Å². The molecule has 1 saturated heterocycles. The molecule has 1 aromatic carbocycles. The second-order valence-corrected chi connectivity index (χ2v) is 10.7. The number of benzene rings is 1. The number of nitrogens with zero attached hydrogens (tertiary/aromatic N) is 4. The summed E-state index contributed by atoms with van der Waals surface area (Å²) in [5.41, 5.74) is 5.75. The lowest BCUT2D eigenvalue weighted by atomic mass is 10.0. The van der Waals surface area contributed by atoms with E-state index in [-0.39, 0.29) is 18.4 Å². The number of carbonyl (C=O) groups is 2. The standard InChI is InChI=1S/C33H39ClN4O3/c1-3-11-27(14-10-19-34)37-20-21-38(24(2)23-37)33(41)26-17-18-28-30(22-26)35-29(15-8-9-16-31(39)40)32(36-28)25-12-6-4-5-7-13-25/h4,6-7,10-14,17-18,22,24H,3,5,8-9,15-16,19-21,23H2,1-2H3,(H,39,40). The first-order valence-corrected chi connectivity index (χ1v) is 15.0. The molecule has 0 bridgehead atoms. The molecule has 4 rings (SSSR count). The molecule has 1 unspecified atom stereocenters. The number of carboxylic acid groups (broad SMARTS) is 1. The van der Waals surface area contributed by atoms with Gasteiger partial charge in [-0.05, 0) is 63.3 Å². The summed E-state index contributed by atoms with van der Waals surface area (Å²) in [7, 11) is 0. The van der Waals surface area contributed by atoms with Crippen molar-refractivity contribution in [1.82, 2.24) is 19.8 Å². The van der Waals surface area contributed by atoms with Crippen molar-refractivity contribution < 1.29 is 14.7 Å². The Kier molecular flexibility index (Phi) is 10.9. The SMILES string of the molecule is CCC=C(C=CCCl)N1CCN(C(=O)c2ccc3nc(C4=CC=CCC=C4)c(CCCCC(=O)O)nc3c2)C(C)C1. The van der Waals surface area contributed by atoms with Crippen molar-refractivity contribution in [3.05, 3.63) is 89.5 Å². The highest BCUT2D eigenvalue weighted by molar-refractivity contribution is 6.18. The van der Waals surface area contributed by atoms with E-state index >= 15 is 0 Å². The van der Waals surface area contributed by atoms with Crippen molar-refractivity contribution in [2.75, 3.05) is 25.5 Å². The number of hydrogen-bond acceptors (Lipinski definition) is 5. The second-order valence-electron chi connectivity index (χ2n) is 10.4. The molecular formula is C33H39ClN4O3. The minimum atomic E-state index is -0.795. The van der Waals surface area contributed by atoms with Crippen LogP contribution in [0.1, 0.15) is 67.7 Å². The van der Waals surface area contributed by atoms with Gasteiger partial charge < -0.3 is 14.9 Å². The largest absolute Gasteiger partial charge is 0.481 e. The van der Waals surface area contributed by atoms with Gasteiger partial charge in [-0.3, -0.25) is 9.59 Å². The van der Waals surface area contributed by atoms with Crippen LogP contribution in [0.4, 0.5) is 0 Å². The molecule has 1 amide bonds. The van der Waals surface area contributed by atoms with Crippen LogP contribution in [0.3, 0.4) is 0 Å². The fourth-order valence-electron chi connectivity index (χ4n) is 5.27. The van der Waals surface area contributed by atoms with Gasteiger partial charge in [0.1, 0.15) is 0 Å². The third-order valence-electron chi connectivity index (χ3n) is 7.34. The van der Waals surface area contributed by atoms with E-state index in [0.29, 0.717) is 42.8 Å². The van der Waals surface area contributed by atoms with E-state index < -0.39 is 5.97 Å². The van der Waals surface area contributed by atoms with Gasteiger partial charge >= 0.3 is 5.97 Å². The first-order valence-electron chi connectivity index (χ1n) is 14.5. The lowest BCUT2D eigenvalue weighted by Crippen LogP contribution is -2.53. The van der Waals surface area contributed by atoms with Crippen molar-refractivity contribution in [2.45, 2.75) is 58.4 Å². The highest BCUT2D eigenvalue weighted by Crippen LogP contribution is 2.26. The predicted molar refractivity (Wildman–Crippen MR) is 166 cm³/mol. The molecule has 0 saturated carbocycles. The molecule has 1 N–H and O–H groups in total. The fraction of sp³-hybridized carbons (Fsp3) is 0.394. The number of aliphatic carboxylic acids is 1. The van der Waals surface area contributed by atoms with Crippen molar-refractivity contribution in [3.63, 3.8) is 0 Å². The Labute approximate surface area is 247 Å². The summed E-state index contributed by atoms with van der Waals surface area (Å²) in [5.74, 6) is -0.335. The number of halogens is 1. The van der Waals surface area contributed by atoms with E-state index in [9.17, 15) is 9.59 Å². The van der Waals surface area contributed by atoms with Gasteiger partial charge in [0.2, 0.25) is 0 Å². The van der Waals surface area contributed by atoms with E-state index in [1.807, 2.05) is 41.3 Å². The molecule has 2 aromatic rings. The normalized spacial score (nSPS) is 17.8. The molecule has 2 heterocycles. The molecule has 0 spiro atoms. The van der Waals surface area contributed by atoms with Crippen LogP contribution >= 0.6 is 11.6 Å². The fourth-order valence-corrected chi connectivity index (χ4v) is 5.36. The monoisotopic (exact) mass is 574 g/mol. The Morgan fingerprint density at radius 2 is 2.00 bits per heavy atom. The molecule has 0 radical (unpaired) electrons. The predicted octanol–water partition coefficient (Wildman–Crippen LogP) is 6.56. The highest BCUT2D eigenvalue weighted by atomic mass is 35.5. The van der Waals surface area contributed by atoms with E-state index in [0.717, 1.165) is 54.1 Å². The van der Waals surface area contributed by atoms with Crippen LogP contribution in [-0.4, -0.2) is 68.3 Å². The number of piperazine rings is 1. The number of unbranched alkanes of at least 4 members (excludes halogenated alkanes) is 1. The smallest absolute Gasteiger partial charge is 0.303 e. The van der Waals surface area contributed by atoms with Crippen LogP contribution in [0.25, 0.3) is 16.6 Å². The first kappa shape index (κ1) is 30.3. The summed E-state index contributed by atoms with van der Waals surface area (Å²) in [6.45, 7) is 6.33. The number of alkyl halides is 1. The molecular weight excluding hydrogens is 536 g/mol. The van der Waals surface area contributed by atoms with Crippen molar-refractivity contribution >= 4 is 40.1 Å². The van der Waals surface area contributed by atoms with E-state index in [1.165, 1.54) is 0 Å². The maximum Gasteiger partial charge on any atom is 0.303 e. The lowest BCUT2D eigenvalue weighted by molar-refractivity contribution is -0.137. The van der Waals surface area contributed by atoms with Gasteiger partial charge in [0.25, 0.3) is 5.91 Å². The zero-order valence-electron chi connectivity index (χ0n) is 23.9. The Bertz CT molecular complexity index is 1410. The lowest BCUT2D eigenvalue weighted by Gasteiger charge is -2.41. The Hall–Kier alpha value is -3.71. The summed E-state index contributed by atoms with van der Waals surface area (Å²) >= 11 is 5.87. The zero-order valence-corrected chi connectivity index (χ0v) is 24.7. The average molecular weight is 575 g/mol. The van der Waals surface area contributed by atoms with E-state index in [4.69, 9.17) is 26.7 Å². The minimum absolute atomic E-state index is 0.00944. The number of rotatable bonds is 11. The maximum absolute atomic E-state index is 13.7. The number of carbonyl (C=O) groups excluding carboxylic acids is 1. The second kappa shape index (κ2) is 14.8. The number of carboxylic acids is 1. The van der Waals surface area contributed by atoms with Crippen LogP contribution in [-0.2, 0) is 11.2 Å². The molecule has 1 aliphatic carbocycles. The topological polar surface area (TPSA) is 86.6 Å². The molecule has 8 heteroatoms. The third kappa shape index (κ3) is 7.94. The number of fused-ring (bicyclic) bond motifs is 1. The molecule has 1 atom stereocenters. The van der Waals surface area contributed by atoms with Gasteiger partial charge in [-0.25, -0.2) is 9.97 Å². The highest BCUT2D eigenvalue weighted by Gasteiger charge is 2.29. The van der Waals surface area contributed by atoms with Gasteiger partial charge in [0.15, 0.2) is 0 Å². The van der Waals surface area contributed by atoms with Gasteiger partial charge in [0.05, 0.1) is 22.4 Å². The van der Waals surface area contributed by atoms with Gasteiger partial charge in [-0.1, -0.05) is 49.5 Å². The molecule has 216 valence electrons. The Morgan fingerprint density at radius 1 is 1.15 bits per heavy atom. The van der Waals surface area contributed by atoms with Crippen LogP contribution < -0.4 is 0 Å². The number of allylic oxidation sites excluding steroid dienone is 9. The zero-order chi connectivity index (χ0) is 29.2. The average Bonchev–Trinajstić information content (AvgIpc) is 3.26. The van der Waals surface area contributed by atoms with Crippen molar-refractivity contribution in [2.24, 2.45) is 0 Å². The van der Waals surface area contributed by atoms with Crippen molar-refractivity contribution in [3.8, 4) is 0 Å².